The topological polar surface area (TPSA) is 96.0 Å². The maximum atomic E-state index is 12.0. The predicted octanol–water partition coefficient (Wildman–Crippen LogP) is 3.10. The first kappa shape index (κ1) is 18.4. The van der Waals surface area contributed by atoms with Gasteiger partial charge in [0.05, 0.1) is 5.56 Å². The van der Waals surface area contributed by atoms with E-state index in [2.05, 4.69) is 32.8 Å². The van der Waals surface area contributed by atoms with Crippen LogP contribution in [0.2, 0.25) is 0 Å². The van der Waals surface area contributed by atoms with Gasteiger partial charge in [-0.1, -0.05) is 19.8 Å². The summed E-state index contributed by atoms with van der Waals surface area (Å²) in [6.45, 7) is 4.24. The second-order valence-corrected chi connectivity index (χ2v) is 5.64. The maximum absolute atomic E-state index is 12.0. The number of rotatable bonds is 8. The van der Waals surface area contributed by atoms with E-state index < -0.39 is 0 Å². The zero-order chi connectivity index (χ0) is 18.1. The lowest BCUT2D eigenvalue weighted by Gasteiger charge is -2.07. The Bertz CT molecular complexity index is 698. The van der Waals surface area contributed by atoms with Crippen molar-refractivity contribution in [2.24, 2.45) is 0 Å². The number of anilines is 3. The van der Waals surface area contributed by atoms with Gasteiger partial charge in [-0.2, -0.15) is 0 Å². The average molecular weight is 341 g/mol. The Balaban J connectivity index is 1.89. The normalized spacial score (nSPS) is 10.2. The van der Waals surface area contributed by atoms with Crippen LogP contribution in [0.15, 0.2) is 36.7 Å². The molecule has 0 aliphatic heterocycles. The molecule has 0 aliphatic rings. The van der Waals surface area contributed by atoms with Crippen LogP contribution < -0.4 is 16.0 Å². The maximum Gasteiger partial charge on any atom is 0.254 e. The number of hydrogen-bond acceptors (Lipinski definition) is 5. The van der Waals surface area contributed by atoms with Gasteiger partial charge in [0.1, 0.15) is 0 Å². The molecule has 1 aromatic carbocycles. The van der Waals surface area contributed by atoms with Gasteiger partial charge in [-0.3, -0.25) is 9.59 Å². The molecule has 132 valence electrons. The van der Waals surface area contributed by atoms with Gasteiger partial charge in [0.25, 0.3) is 5.91 Å². The number of benzene rings is 1. The summed E-state index contributed by atoms with van der Waals surface area (Å²) in [4.78, 5) is 31.3. The predicted molar refractivity (Wildman–Crippen MR) is 97.9 cm³/mol. The second-order valence-electron chi connectivity index (χ2n) is 5.64. The number of amides is 2. The van der Waals surface area contributed by atoms with Crippen LogP contribution in [0.5, 0.6) is 0 Å². The molecular formula is C18H23N5O2. The van der Waals surface area contributed by atoms with Crippen molar-refractivity contribution in [2.75, 3.05) is 17.2 Å². The third kappa shape index (κ3) is 6.21. The lowest BCUT2D eigenvalue weighted by atomic mass is 10.2. The summed E-state index contributed by atoms with van der Waals surface area (Å²) in [5.41, 5.74) is 1.93. The molecule has 2 amide bonds. The van der Waals surface area contributed by atoms with E-state index in [1.807, 2.05) is 12.1 Å². The summed E-state index contributed by atoms with van der Waals surface area (Å²) < 4.78 is 0. The Labute approximate surface area is 147 Å². The number of unbranched alkanes of at least 4 members (excludes halogenated alkanes) is 2. The van der Waals surface area contributed by atoms with Crippen molar-refractivity contribution >= 4 is 29.1 Å². The number of hydrogen-bond donors (Lipinski definition) is 3. The molecule has 0 fully saturated rings. The molecule has 2 aromatic rings. The van der Waals surface area contributed by atoms with Gasteiger partial charge in [-0.05, 0) is 30.7 Å². The fraction of sp³-hybridized carbons (Fsp3) is 0.333. The second kappa shape index (κ2) is 9.36. The smallest absolute Gasteiger partial charge is 0.254 e. The molecule has 0 unspecified atom stereocenters. The Morgan fingerprint density at radius 2 is 1.64 bits per heavy atom. The highest BCUT2D eigenvalue weighted by Gasteiger charge is 2.06. The van der Waals surface area contributed by atoms with Gasteiger partial charge in [0.2, 0.25) is 11.9 Å². The summed E-state index contributed by atoms with van der Waals surface area (Å²) in [5, 5.41) is 8.59. The molecular weight excluding hydrogens is 318 g/mol. The highest BCUT2D eigenvalue weighted by atomic mass is 16.2. The average Bonchev–Trinajstić information content (AvgIpc) is 2.60. The molecule has 2 rings (SSSR count). The summed E-state index contributed by atoms with van der Waals surface area (Å²) in [6.07, 6.45) is 6.18. The van der Waals surface area contributed by atoms with Gasteiger partial charge < -0.3 is 16.0 Å². The summed E-state index contributed by atoms with van der Waals surface area (Å²) in [6, 6.07) is 7.18. The Morgan fingerprint density at radius 1 is 1.00 bits per heavy atom. The van der Waals surface area contributed by atoms with Gasteiger partial charge in [0.15, 0.2) is 0 Å². The minimum Gasteiger partial charge on any atom is -0.352 e. The molecule has 3 N–H and O–H groups in total. The molecule has 7 nitrogen and oxygen atoms in total. The van der Waals surface area contributed by atoms with Crippen LogP contribution >= 0.6 is 0 Å². The van der Waals surface area contributed by atoms with E-state index >= 15 is 0 Å². The SMILES string of the molecule is CCCCCNC(=O)c1cnc(Nc2ccc(NC(C)=O)cc2)nc1. The van der Waals surface area contributed by atoms with Crippen LogP contribution in [0.1, 0.15) is 43.5 Å². The molecule has 0 saturated carbocycles. The van der Waals surface area contributed by atoms with Gasteiger partial charge in [0, 0.05) is 37.2 Å². The van der Waals surface area contributed by atoms with Gasteiger partial charge in [-0.25, -0.2) is 9.97 Å². The highest BCUT2D eigenvalue weighted by Crippen LogP contribution is 2.16. The van der Waals surface area contributed by atoms with Crippen molar-refractivity contribution in [1.82, 2.24) is 15.3 Å². The van der Waals surface area contributed by atoms with Crippen LogP contribution in [0.3, 0.4) is 0 Å². The van der Waals surface area contributed by atoms with E-state index in [4.69, 9.17) is 0 Å². The fourth-order valence-electron chi connectivity index (χ4n) is 2.16. The van der Waals surface area contributed by atoms with E-state index in [-0.39, 0.29) is 11.8 Å². The molecule has 0 spiro atoms. The summed E-state index contributed by atoms with van der Waals surface area (Å²) in [5.74, 6) is 0.115. The molecule has 0 saturated heterocycles. The summed E-state index contributed by atoms with van der Waals surface area (Å²) >= 11 is 0. The van der Waals surface area contributed by atoms with E-state index in [0.29, 0.717) is 23.7 Å². The van der Waals surface area contributed by atoms with Crippen molar-refractivity contribution in [2.45, 2.75) is 33.1 Å². The molecule has 0 atom stereocenters. The van der Waals surface area contributed by atoms with Crippen LogP contribution in [0, 0.1) is 0 Å². The Hall–Kier alpha value is -2.96. The van der Waals surface area contributed by atoms with Crippen molar-refractivity contribution in [1.29, 1.82) is 0 Å². The first-order chi connectivity index (χ1) is 12.1. The van der Waals surface area contributed by atoms with Crippen LogP contribution in [-0.4, -0.2) is 28.3 Å². The van der Waals surface area contributed by atoms with Crippen molar-refractivity contribution < 1.29 is 9.59 Å². The standard InChI is InChI=1S/C18H23N5O2/c1-3-4-5-10-19-17(25)14-11-20-18(21-12-14)23-16-8-6-15(7-9-16)22-13(2)24/h6-9,11-12H,3-5,10H2,1-2H3,(H,19,25)(H,22,24)(H,20,21,23). The van der Waals surface area contributed by atoms with Crippen LogP contribution in [0.4, 0.5) is 17.3 Å². The zero-order valence-electron chi connectivity index (χ0n) is 14.5. The minimum absolute atomic E-state index is 0.118. The highest BCUT2D eigenvalue weighted by molar-refractivity contribution is 5.93. The largest absolute Gasteiger partial charge is 0.352 e. The van der Waals surface area contributed by atoms with E-state index in [0.717, 1.165) is 24.9 Å². The monoisotopic (exact) mass is 341 g/mol. The van der Waals surface area contributed by atoms with Crippen LogP contribution in [0.25, 0.3) is 0 Å². The number of aromatic nitrogens is 2. The van der Waals surface area contributed by atoms with Crippen LogP contribution in [-0.2, 0) is 4.79 Å². The molecule has 25 heavy (non-hydrogen) atoms. The number of nitrogens with zero attached hydrogens (tertiary/aromatic N) is 2. The molecule has 0 radical (unpaired) electrons. The molecule has 1 heterocycles. The molecule has 0 bridgehead atoms. The van der Waals surface area contributed by atoms with Crippen molar-refractivity contribution in [3.8, 4) is 0 Å². The first-order valence-electron chi connectivity index (χ1n) is 8.33. The fourth-order valence-corrected chi connectivity index (χ4v) is 2.16. The first-order valence-corrected chi connectivity index (χ1v) is 8.33. The zero-order valence-corrected chi connectivity index (χ0v) is 14.5. The summed E-state index contributed by atoms with van der Waals surface area (Å²) in [7, 11) is 0. The lowest BCUT2D eigenvalue weighted by Crippen LogP contribution is -2.24. The Kier molecular flexibility index (Phi) is 6.88. The molecule has 1 aromatic heterocycles. The third-order valence-corrected chi connectivity index (χ3v) is 3.44. The van der Waals surface area contributed by atoms with Gasteiger partial charge >= 0.3 is 0 Å². The van der Waals surface area contributed by atoms with Gasteiger partial charge in [-0.15, -0.1) is 0 Å². The quantitative estimate of drug-likeness (QED) is 0.641. The lowest BCUT2D eigenvalue weighted by molar-refractivity contribution is -0.114. The third-order valence-electron chi connectivity index (χ3n) is 3.44. The molecule has 7 heteroatoms. The Morgan fingerprint density at radius 3 is 2.24 bits per heavy atom. The van der Waals surface area contributed by atoms with Crippen molar-refractivity contribution in [3.63, 3.8) is 0 Å². The number of carbonyl (C=O) groups is 2. The molecule has 0 aliphatic carbocycles. The minimum atomic E-state index is -0.165. The van der Waals surface area contributed by atoms with E-state index in [9.17, 15) is 9.59 Å². The van der Waals surface area contributed by atoms with E-state index in [1.165, 1.54) is 19.3 Å². The number of carbonyl (C=O) groups excluding carboxylic acids is 2. The van der Waals surface area contributed by atoms with E-state index in [1.54, 1.807) is 12.1 Å². The van der Waals surface area contributed by atoms with Crippen molar-refractivity contribution in [3.05, 3.63) is 42.2 Å². The number of nitrogens with one attached hydrogen (secondary N) is 3.